The lowest BCUT2D eigenvalue weighted by Crippen LogP contribution is -2.51. The molecule has 0 amide bonds. The topological polar surface area (TPSA) is 6.48 Å². The summed E-state index contributed by atoms with van der Waals surface area (Å²) in [5.74, 6) is 0. The summed E-state index contributed by atoms with van der Waals surface area (Å²) in [4.78, 5) is 5.31. The Kier molecular flexibility index (Phi) is 8.57. The molecule has 0 bridgehead atoms. The van der Waals surface area contributed by atoms with Crippen LogP contribution in [0.1, 0.15) is 49.7 Å². The van der Waals surface area contributed by atoms with Crippen LogP contribution in [-0.2, 0) is 12.8 Å². The van der Waals surface area contributed by atoms with E-state index in [4.69, 9.17) is 0 Å². The minimum atomic E-state index is 0.714. The quantitative estimate of drug-likeness (QED) is 0.544. The molecule has 1 fully saturated rings. The molecule has 0 spiro atoms. The molecular formula is C26H38N2. The predicted octanol–water partition coefficient (Wildman–Crippen LogP) is 5.43. The van der Waals surface area contributed by atoms with E-state index in [9.17, 15) is 0 Å². The summed E-state index contributed by atoms with van der Waals surface area (Å²) < 4.78 is 0. The van der Waals surface area contributed by atoms with Crippen molar-refractivity contribution in [1.82, 2.24) is 9.80 Å². The van der Waals surface area contributed by atoms with E-state index in [-0.39, 0.29) is 0 Å². The van der Waals surface area contributed by atoms with Crippen LogP contribution in [0.15, 0.2) is 60.7 Å². The summed E-state index contributed by atoms with van der Waals surface area (Å²) >= 11 is 0. The lowest BCUT2D eigenvalue weighted by atomic mass is 9.88. The normalized spacial score (nSPS) is 20.0. The van der Waals surface area contributed by atoms with Gasteiger partial charge in [-0.15, -0.1) is 0 Å². The van der Waals surface area contributed by atoms with Crippen molar-refractivity contribution < 1.29 is 0 Å². The second kappa shape index (κ2) is 11.4. The molecule has 2 aromatic carbocycles. The molecule has 0 aromatic heterocycles. The summed E-state index contributed by atoms with van der Waals surface area (Å²) in [7, 11) is 4.71. The Labute approximate surface area is 172 Å². The standard InChI is InChI=1S/C26H38N2/c1-27(21-11-17-23-13-5-3-6-14-23)25-19-9-10-20-26(25)28(2)22-12-18-24-15-7-4-8-16-24/h3-8,13-16,25-26H,9-12,17-22H2,1-2H3/t25-,26-/m1/s1. The zero-order valence-electron chi connectivity index (χ0n) is 17.9. The molecule has 152 valence electrons. The highest BCUT2D eigenvalue weighted by molar-refractivity contribution is 5.15. The van der Waals surface area contributed by atoms with Gasteiger partial charge in [-0.3, -0.25) is 0 Å². The minimum absolute atomic E-state index is 0.714. The first-order valence-electron chi connectivity index (χ1n) is 11.2. The van der Waals surface area contributed by atoms with Gasteiger partial charge in [0.05, 0.1) is 0 Å². The molecule has 0 heterocycles. The van der Waals surface area contributed by atoms with E-state index in [1.807, 2.05) is 0 Å². The Morgan fingerprint density at radius 2 is 1.04 bits per heavy atom. The van der Waals surface area contributed by atoms with E-state index < -0.39 is 0 Å². The molecule has 0 N–H and O–H groups in total. The molecule has 3 rings (SSSR count). The van der Waals surface area contributed by atoms with Gasteiger partial charge in [-0.25, -0.2) is 0 Å². The van der Waals surface area contributed by atoms with E-state index >= 15 is 0 Å². The molecule has 1 aliphatic rings. The van der Waals surface area contributed by atoms with Gasteiger partial charge in [-0.05, 0) is 76.8 Å². The number of hydrogen-bond donors (Lipinski definition) is 0. The number of nitrogens with zero attached hydrogens (tertiary/aromatic N) is 2. The van der Waals surface area contributed by atoms with Gasteiger partial charge < -0.3 is 9.80 Å². The first kappa shape index (κ1) is 21.1. The van der Waals surface area contributed by atoms with Crippen molar-refractivity contribution in [2.75, 3.05) is 27.2 Å². The minimum Gasteiger partial charge on any atom is -0.302 e. The van der Waals surface area contributed by atoms with Gasteiger partial charge in [0.15, 0.2) is 0 Å². The van der Waals surface area contributed by atoms with Crippen molar-refractivity contribution in [1.29, 1.82) is 0 Å². The van der Waals surface area contributed by atoms with Crippen LogP contribution in [0.2, 0.25) is 0 Å². The second-order valence-corrected chi connectivity index (χ2v) is 8.56. The molecule has 0 saturated heterocycles. The van der Waals surface area contributed by atoms with Gasteiger partial charge in [0.25, 0.3) is 0 Å². The third kappa shape index (κ3) is 6.46. The number of rotatable bonds is 10. The number of aryl methyl sites for hydroxylation is 2. The molecule has 2 aromatic rings. The van der Waals surface area contributed by atoms with Gasteiger partial charge in [0, 0.05) is 12.1 Å². The summed E-state index contributed by atoms with van der Waals surface area (Å²) in [5.41, 5.74) is 2.93. The van der Waals surface area contributed by atoms with Gasteiger partial charge in [0.2, 0.25) is 0 Å². The van der Waals surface area contributed by atoms with Crippen molar-refractivity contribution in [3.63, 3.8) is 0 Å². The van der Waals surface area contributed by atoms with Crippen LogP contribution in [0.25, 0.3) is 0 Å². The van der Waals surface area contributed by atoms with Gasteiger partial charge in [0.1, 0.15) is 0 Å². The lowest BCUT2D eigenvalue weighted by molar-refractivity contribution is 0.0764. The highest BCUT2D eigenvalue weighted by Crippen LogP contribution is 2.26. The Bertz CT molecular complexity index is 595. The SMILES string of the molecule is CN(CCCc1ccccc1)[C@@H]1CCCC[C@H]1N(C)CCCc1ccccc1. The highest BCUT2D eigenvalue weighted by Gasteiger charge is 2.30. The number of benzene rings is 2. The first-order valence-corrected chi connectivity index (χ1v) is 11.2. The molecule has 2 nitrogen and oxygen atoms in total. The van der Waals surface area contributed by atoms with Gasteiger partial charge in [-0.2, -0.15) is 0 Å². The smallest absolute Gasteiger partial charge is 0.0248 e. The summed E-state index contributed by atoms with van der Waals surface area (Å²) in [5, 5.41) is 0. The van der Waals surface area contributed by atoms with Crippen LogP contribution < -0.4 is 0 Å². The van der Waals surface area contributed by atoms with Crippen LogP contribution in [0.4, 0.5) is 0 Å². The van der Waals surface area contributed by atoms with E-state index in [2.05, 4.69) is 84.6 Å². The lowest BCUT2D eigenvalue weighted by Gasteiger charge is -2.42. The highest BCUT2D eigenvalue weighted by atomic mass is 15.2. The van der Waals surface area contributed by atoms with E-state index in [1.54, 1.807) is 0 Å². The molecule has 1 saturated carbocycles. The maximum absolute atomic E-state index is 2.65. The Morgan fingerprint density at radius 3 is 1.43 bits per heavy atom. The predicted molar refractivity (Wildman–Crippen MR) is 121 cm³/mol. The Morgan fingerprint density at radius 1 is 0.643 bits per heavy atom. The third-order valence-corrected chi connectivity index (χ3v) is 6.46. The second-order valence-electron chi connectivity index (χ2n) is 8.56. The zero-order valence-corrected chi connectivity index (χ0v) is 17.9. The number of hydrogen-bond acceptors (Lipinski definition) is 2. The van der Waals surface area contributed by atoms with Crippen LogP contribution >= 0.6 is 0 Å². The van der Waals surface area contributed by atoms with Crippen molar-refractivity contribution in [2.24, 2.45) is 0 Å². The number of likely N-dealkylation sites (N-methyl/N-ethyl adjacent to an activating group) is 2. The monoisotopic (exact) mass is 378 g/mol. The van der Waals surface area contributed by atoms with Gasteiger partial charge in [-0.1, -0.05) is 73.5 Å². The van der Waals surface area contributed by atoms with Crippen LogP contribution in [0.5, 0.6) is 0 Å². The fraction of sp³-hybridized carbons (Fsp3) is 0.538. The molecule has 2 heteroatoms. The third-order valence-electron chi connectivity index (χ3n) is 6.46. The van der Waals surface area contributed by atoms with Crippen LogP contribution in [0, 0.1) is 0 Å². The summed E-state index contributed by atoms with van der Waals surface area (Å²) in [6.07, 6.45) is 10.4. The average molecular weight is 379 g/mol. The zero-order chi connectivity index (χ0) is 19.6. The van der Waals surface area contributed by atoms with Crippen LogP contribution in [0.3, 0.4) is 0 Å². The molecular weight excluding hydrogens is 340 g/mol. The Balaban J connectivity index is 1.45. The molecule has 28 heavy (non-hydrogen) atoms. The molecule has 0 radical (unpaired) electrons. The van der Waals surface area contributed by atoms with Crippen molar-refractivity contribution in [3.8, 4) is 0 Å². The van der Waals surface area contributed by atoms with Crippen molar-refractivity contribution >= 4 is 0 Å². The molecule has 1 aliphatic carbocycles. The van der Waals surface area contributed by atoms with E-state index in [0.717, 1.165) is 0 Å². The van der Waals surface area contributed by atoms with E-state index in [1.165, 1.54) is 75.6 Å². The first-order chi connectivity index (χ1) is 13.7. The maximum atomic E-state index is 2.65. The van der Waals surface area contributed by atoms with E-state index in [0.29, 0.717) is 12.1 Å². The van der Waals surface area contributed by atoms with Crippen molar-refractivity contribution in [3.05, 3.63) is 71.8 Å². The fourth-order valence-corrected chi connectivity index (χ4v) is 4.81. The molecule has 0 unspecified atom stereocenters. The molecule has 2 atom stereocenters. The average Bonchev–Trinajstić information content (AvgIpc) is 2.75. The molecule has 0 aliphatic heterocycles. The summed E-state index contributed by atoms with van der Waals surface area (Å²) in [6, 6.07) is 23.3. The Hall–Kier alpha value is -1.64. The largest absolute Gasteiger partial charge is 0.302 e. The summed E-state index contributed by atoms with van der Waals surface area (Å²) in [6.45, 7) is 2.40. The maximum Gasteiger partial charge on any atom is 0.0248 e. The fourth-order valence-electron chi connectivity index (χ4n) is 4.81. The van der Waals surface area contributed by atoms with Crippen LogP contribution in [-0.4, -0.2) is 49.1 Å². The van der Waals surface area contributed by atoms with Gasteiger partial charge >= 0.3 is 0 Å². The van der Waals surface area contributed by atoms with Crippen molar-refractivity contribution in [2.45, 2.75) is 63.5 Å².